The first-order chi connectivity index (χ1) is 34.0. The normalized spacial score (nSPS) is 22.9. The third-order valence-electron chi connectivity index (χ3n) is 11.8. The van der Waals surface area contributed by atoms with Gasteiger partial charge in [-0.15, -0.1) is 0 Å². The maximum Gasteiger partial charge on any atom is 0.244 e. The minimum atomic E-state index is -1.57. The molecule has 0 saturated carbocycles. The number of aliphatic hydroxyl groups excluding tert-OH is 1. The first-order valence-electron chi connectivity index (χ1n) is 25.2. The Kier molecular flexibility index (Phi) is 29.9. The Hall–Kier alpha value is -5.75. The monoisotopic (exact) mass is 1000 g/mol. The van der Waals surface area contributed by atoms with E-state index in [4.69, 9.17) is 22.9 Å². The van der Waals surface area contributed by atoms with Crippen molar-refractivity contribution in [3.05, 3.63) is 35.9 Å². The molecule has 0 aromatic heterocycles. The molecule has 71 heavy (non-hydrogen) atoms. The molecule has 23 heteroatoms. The van der Waals surface area contributed by atoms with Crippen LogP contribution in [-0.4, -0.2) is 146 Å². The standard InChI is InChI=1S/C48H83N13O10/c1-4-5-6-7-8-9-13-16-40(63)54-32(17-22-49)42(65)58-36-21-26-53-41(64)39(29-62)61-45(68)35(20-25-52)55-43(66)33(18-23-50)57-48(71)38(28-31-14-11-10-12-15-31)60-47(70)37(27-30(2)3)59-44(67)34(19-24-51)56-46(36)69/h10-12,14-15,30,32-39,62H,4-9,13,16-29,49-52H2,1-3H3,(H,53,64)(H,54,63)(H,55,66)(H,56,69)(H,57,71)(H,58,65)(H,59,67)(H,60,70)(H,61,68)/t32-,33+,34+,35+,36+,37-,38+,39+/m1/s1. The maximum absolute atomic E-state index is 14.2. The molecule has 1 aromatic carbocycles. The van der Waals surface area contributed by atoms with Crippen LogP contribution in [0.2, 0.25) is 0 Å². The number of unbranched alkanes of at least 4 members (excludes halogenated alkanes) is 6. The van der Waals surface area contributed by atoms with Crippen molar-refractivity contribution in [1.82, 2.24) is 47.9 Å². The minimum Gasteiger partial charge on any atom is -0.394 e. The Morgan fingerprint density at radius 2 is 1.10 bits per heavy atom. The average Bonchev–Trinajstić information content (AvgIpc) is 3.33. The van der Waals surface area contributed by atoms with Gasteiger partial charge in [0.25, 0.3) is 0 Å². The molecule has 1 heterocycles. The smallest absolute Gasteiger partial charge is 0.244 e. The molecule has 8 atom stereocenters. The SMILES string of the molecule is CCCCCCCCCC(=O)N[C@H](CCN)C(=O)N[C@H]1CCNC(=O)[C@H](CO)NC(=O)[C@H](CCN)NC(=O)[C@H](CCN)NC(=O)[C@H](Cc2ccccc2)NC(=O)[C@@H](CC(C)C)NC(=O)[C@H](CCN)NC1=O. The second kappa shape index (κ2) is 34.6. The van der Waals surface area contributed by atoms with Gasteiger partial charge in [-0.05, 0) is 82.6 Å². The van der Waals surface area contributed by atoms with Crippen LogP contribution in [0.4, 0.5) is 0 Å². The van der Waals surface area contributed by atoms with Crippen LogP contribution < -0.4 is 70.8 Å². The van der Waals surface area contributed by atoms with Gasteiger partial charge in [0.15, 0.2) is 0 Å². The highest BCUT2D eigenvalue weighted by molar-refractivity contribution is 5.98. The van der Waals surface area contributed by atoms with Gasteiger partial charge in [0.1, 0.15) is 48.3 Å². The zero-order valence-corrected chi connectivity index (χ0v) is 41.9. The molecule has 9 amide bonds. The molecule has 0 spiro atoms. The number of hydrogen-bond donors (Lipinski definition) is 14. The van der Waals surface area contributed by atoms with Crippen molar-refractivity contribution in [2.75, 3.05) is 39.3 Å². The van der Waals surface area contributed by atoms with Gasteiger partial charge in [-0.3, -0.25) is 43.2 Å². The summed E-state index contributed by atoms with van der Waals surface area (Å²) in [6, 6.07) is -2.04. The van der Waals surface area contributed by atoms with Gasteiger partial charge >= 0.3 is 0 Å². The summed E-state index contributed by atoms with van der Waals surface area (Å²) in [6.07, 6.45) is 6.47. The molecule has 23 nitrogen and oxygen atoms in total. The zero-order valence-electron chi connectivity index (χ0n) is 41.9. The Balaban J connectivity index is 2.60. The summed E-state index contributed by atoms with van der Waals surface area (Å²) in [6.45, 7) is 4.26. The van der Waals surface area contributed by atoms with Gasteiger partial charge < -0.3 is 75.9 Å². The third-order valence-corrected chi connectivity index (χ3v) is 11.8. The molecular formula is C48H83N13O10. The van der Waals surface area contributed by atoms with E-state index >= 15 is 0 Å². The Labute approximate surface area is 417 Å². The molecule has 0 radical (unpaired) electrons. The molecule has 400 valence electrons. The molecule has 1 saturated heterocycles. The predicted molar refractivity (Wildman–Crippen MR) is 267 cm³/mol. The molecule has 0 unspecified atom stereocenters. The molecule has 0 aliphatic carbocycles. The van der Waals surface area contributed by atoms with Gasteiger partial charge in [0, 0.05) is 19.4 Å². The van der Waals surface area contributed by atoms with Gasteiger partial charge in [-0.2, -0.15) is 0 Å². The van der Waals surface area contributed by atoms with Gasteiger partial charge in [-0.25, -0.2) is 0 Å². The van der Waals surface area contributed by atoms with Crippen LogP contribution >= 0.6 is 0 Å². The van der Waals surface area contributed by atoms with Crippen molar-refractivity contribution in [2.45, 2.75) is 165 Å². The topological polar surface area (TPSA) is 386 Å². The summed E-state index contributed by atoms with van der Waals surface area (Å²) in [5, 5.41) is 33.7. The molecule has 1 aliphatic rings. The van der Waals surface area contributed by atoms with E-state index in [-0.39, 0.29) is 95.9 Å². The number of rotatable bonds is 24. The van der Waals surface area contributed by atoms with Crippen molar-refractivity contribution in [1.29, 1.82) is 0 Å². The van der Waals surface area contributed by atoms with E-state index in [0.717, 1.165) is 38.5 Å². The first-order valence-corrected chi connectivity index (χ1v) is 25.2. The van der Waals surface area contributed by atoms with Crippen molar-refractivity contribution in [3.63, 3.8) is 0 Å². The molecular weight excluding hydrogens is 919 g/mol. The number of nitrogens with one attached hydrogen (secondary N) is 9. The number of benzene rings is 1. The summed E-state index contributed by atoms with van der Waals surface area (Å²) in [7, 11) is 0. The number of amides is 9. The van der Waals surface area contributed by atoms with Gasteiger partial charge in [0.2, 0.25) is 53.2 Å². The minimum absolute atomic E-state index is 0.00260. The largest absolute Gasteiger partial charge is 0.394 e. The summed E-state index contributed by atoms with van der Waals surface area (Å²) in [5.74, 6) is -7.17. The second-order valence-corrected chi connectivity index (χ2v) is 18.3. The van der Waals surface area contributed by atoms with Crippen LogP contribution in [0.15, 0.2) is 30.3 Å². The molecule has 2 rings (SSSR count). The quantitative estimate of drug-likeness (QED) is 0.0466. The van der Waals surface area contributed by atoms with E-state index in [9.17, 15) is 48.3 Å². The number of nitrogens with two attached hydrogens (primary N) is 4. The summed E-state index contributed by atoms with van der Waals surface area (Å²) < 4.78 is 0. The maximum atomic E-state index is 14.2. The number of carbonyl (C=O) groups excluding carboxylic acids is 9. The van der Waals surface area contributed by atoms with Crippen LogP contribution in [0.5, 0.6) is 0 Å². The lowest BCUT2D eigenvalue weighted by Gasteiger charge is -2.28. The molecule has 1 aromatic rings. The predicted octanol–water partition coefficient (Wildman–Crippen LogP) is -2.80. The Morgan fingerprint density at radius 3 is 1.62 bits per heavy atom. The Morgan fingerprint density at radius 1 is 0.620 bits per heavy atom. The van der Waals surface area contributed by atoms with Crippen LogP contribution in [0.1, 0.15) is 116 Å². The van der Waals surface area contributed by atoms with E-state index in [1.165, 1.54) is 0 Å². The van der Waals surface area contributed by atoms with Gasteiger partial charge in [0.05, 0.1) is 6.61 Å². The highest BCUT2D eigenvalue weighted by Gasteiger charge is 2.35. The average molecular weight is 1000 g/mol. The lowest BCUT2D eigenvalue weighted by Crippen LogP contribution is -2.61. The molecule has 0 bridgehead atoms. The number of carbonyl (C=O) groups is 9. The number of hydrogen-bond acceptors (Lipinski definition) is 14. The van der Waals surface area contributed by atoms with Crippen LogP contribution in [0, 0.1) is 5.92 Å². The van der Waals surface area contributed by atoms with Crippen molar-refractivity contribution >= 4 is 53.2 Å². The van der Waals surface area contributed by atoms with Crippen LogP contribution in [-0.2, 0) is 49.6 Å². The highest BCUT2D eigenvalue weighted by Crippen LogP contribution is 2.12. The van der Waals surface area contributed by atoms with Crippen molar-refractivity contribution in [2.24, 2.45) is 28.9 Å². The Bertz CT molecular complexity index is 1840. The third kappa shape index (κ3) is 23.4. The van der Waals surface area contributed by atoms with E-state index in [1.54, 1.807) is 30.3 Å². The summed E-state index contributed by atoms with van der Waals surface area (Å²) in [4.78, 5) is 124. The van der Waals surface area contributed by atoms with E-state index in [2.05, 4.69) is 54.8 Å². The molecule has 1 fully saturated rings. The second-order valence-electron chi connectivity index (χ2n) is 18.3. The van der Waals surface area contributed by atoms with Crippen LogP contribution in [0.25, 0.3) is 0 Å². The summed E-state index contributed by atoms with van der Waals surface area (Å²) >= 11 is 0. The summed E-state index contributed by atoms with van der Waals surface area (Å²) in [5.41, 5.74) is 24.0. The van der Waals surface area contributed by atoms with Crippen LogP contribution in [0.3, 0.4) is 0 Å². The van der Waals surface area contributed by atoms with Crippen molar-refractivity contribution < 1.29 is 48.3 Å². The lowest BCUT2D eigenvalue weighted by atomic mass is 10.00. The van der Waals surface area contributed by atoms with E-state index < -0.39 is 102 Å². The lowest BCUT2D eigenvalue weighted by molar-refractivity contribution is -0.136. The fraction of sp³-hybridized carbons (Fsp3) is 0.688. The molecule has 18 N–H and O–H groups in total. The van der Waals surface area contributed by atoms with E-state index in [0.29, 0.717) is 12.0 Å². The van der Waals surface area contributed by atoms with Crippen molar-refractivity contribution in [3.8, 4) is 0 Å². The first kappa shape index (κ1) is 61.4. The molecule has 1 aliphatic heterocycles. The highest BCUT2D eigenvalue weighted by atomic mass is 16.3. The van der Waals surface area contributed by atoms with E-state index in [1.807, 2.05) is 13.8 Å². The number of aliphatic hydroxyl groups is 1. The fourth-order valence-corrected chi connectivity index (χ4v) is 7.85. The van der Waals surface area contributed by atoms with Gasteiger partial charge in [-0.1, -0.05) is 89.6 Å². The fourth-order valence-electron chi connectivity index (χ4n) is 7.85. The zero-order chi connectivity index (χ0) is 52.7.